The number of carbonyl (C=O) groups excluding carboxylic acids is 10. The van der Waals surface area contributed by atoms with Gasteiger partial charge in [-0.15, -0.1) is 0 Å². The zero-order valence-electron chi connectivity index (χ0n) is 61.8. The van der Waals surface area contributed by atoms with Crippen molar-refractivity contribution >= 4 is 59.7 Å². The van der Waals surface area contributed by atoms with Crippen molar-refractivity contribution in [3.05, 3.63) is 0 Å². The highest BCUT2D eigenvalue weighted by Crippen LogP contribution is 2.69. The van der Waals surface area contributed by atoms with E-state index in [-0.39, 0.29) is 123 Å². The molecule has 20 heteroatoms. The van der Waals surface area contributed by atoms with Crippen LogP contribution in [0, 0.1) is 99.6 Å². The van der Waals surface area contributed by atoms with Crippen LogP contribution in [0.25, 0.3) is 0 Å². The van der Waals surface area contributed by atoms with Gasteiger partial charge >= 0.3 is 59.7 Å². The number of hydrogen-bond donors (Lipinski definition) is 0. The maximum atomic E-state index is 12.1. The van der Waals surface area contributed by atoms with Crippen LogP contribution in [-0.4, -0.2) is 123 Å². The average molecular weight is 1380 g/mol. The van der Waals surface area contributed by atoms with Gasteiger partial charge in [0.2, 0.25) is 0 Å². The van der Waals surface area contributed by atoms with E-state index < -0.39 is 28.7 Å². The van der Waals surface area contributed by atoms with Crippen molar-refractivity contribution < 1.29 is 95.3 Å². The second kappa shape index (κ2) is 38.1. The summed E-state index contributed by atoms with van der Waals surface area (Å²) in [6.07, 6.45) is 31.6. The van der Waals surface area contributed by atoms with Gasteiger partial charge in [0.1, 0.15) is 30.5 Å². The molecule has 11 aliphatic carbocycles. The highest BCUT2D eigenvalue weighted by atomic mass is 16.6. The van der Waals surface area contributed by atoms with E-state index in [2.05, 4.69) is 0 Å². The molecular formula is C78H124O20. The fourth-order valence-electron chi connectivity index (χ4n) is 18.0. The molecule has 8 bridgehead atoms. The van der Waals surface area contributed by atoms with Gasteiger partial charge < -0.3 is 47.4 Å². The van der Waals surface area contributed by atoms with Gasteiger partial charge in [0, 0.05) is 0 Å². The molecule has 0 radical (unpaired) electrons. The molecule has 556 valence electrons. The van der Waals surface area contributed by atoms with Crippen LogP contribution in [0.1, 0.15) is 269 Å². The van der Waals surface area contributed by atoms with Crippen LogP contribution < -0.4 is 0 Å². The lowest BCUT2D eigenvalue weighted by Crippen LogP contribution is -2.38. The third kappa shape index (κ3) is 22.3. The van der Waals surface area contributed by atoms with Crippen molar-refractivity contribution in [1.29, 1.82) is 0 Å². The summed E-state index contributed by atoms with van der Waals surface area (Å²) < 4.78 is 52.1. The van der Waals surface area contributed by atoms with E-state index in [1.165, 1.54) is 64.2 Å². The zero-order chi connectivity index (χ0) is 71.4. The molecule has 11 aliphatic rings. The van der Waals surface area contributed by atoms with E-state index in [9.17, 15) is 47.9 Å². The van der Waals surface area contributed by atoms with Gasteiger partial charge in [-0.1, -0.05) is 68.2 Å². The van der Waals surface area contributed by atoms with E-state index >= 15 is 0 Å². The third-order valence-electron chi connectivity index (χ3n) is 24.8. The van der Waals surface area contributed by atoms with E-state index in [1.807, 2.05) is 69.2 Å². The standard InChI is InChI=1S/C20H30O4.C19H28O4.C14H24O4.C13H22O4.C12H20O4/c1-4-20(2,3)19(22)23-10-16(21)24-15-9-13-8-14(15)18-12-6-5-11(7-12)17(13)18;1-3-10(2)19(21)22-9-16(20)23-15-8-13-7-14(15)18-12-5-4-11(6-12)17(13)18;1-4-14(2,3)13(16)17-10-12(15)18-11-8-6-5-7-9-11;1-3-10(2)13(15)16-9-12(14)17-11-7-5-4-6-8-11;1-3-9(2)12(14)15-8-11(13)16-10-6-4-5-7-10/h11-15,17-18H,4-10H2,1-3H3;10-15,17-18H,3-9H2,1-2H3;11H,4-10H2,1-3H3;10-11H,3-9H2,1-2H3;9-10H,3-8H2,1-2H3. The van der Waals surface area contributed by atoms with Crippen LogP contribution in [0.3, 0.4) is 0 Å². The van der Waals surface area contributed by atoms with Gasteiger partial charge in [0.05, 0.1) is 28.6 Å². The second-order valence-corrected chi connectivity index (χ2v) is 32.1. The van der Waals surface area contributed by atoms with Crippen LogP contribution in [0.5, 0.6) is 0 Å². The predicted octanol–water partition coefficient (Wildman–Crippen LogP) is 14.1. The molecule has 0 aromatic carbocycles. The van der Waals surface area contributed by atoms with Crippen molar-refractivity contribution in [2.75, 3.05) is 33.0 Å². The summed E-state index contributed by atoms with van der Waals surface area (Å²) in [7, 11) is 0. The predicted molar refractivity (Wildman–Crippen MR) is 363 cm³/mol. The molecule has 20 nitrogen and oxygen atoms in total. The van der Waals surface area contributed by atoms with E-state index in [0.717, 1.165) is 168 Å². The first-order chi connectivity index (χ1) is 46.7. The van der Waals surface area contributed by atoms with Crippen molar-refractivity contribution in [2.24, 2.45) is 99.6 Å². The monoisotopic (exact) mass is 1380 g/mol. The Morgan fingerprint density at radius 3 is 0.867 bits per heavy atom. The Morgan fingerprint density at radius 2 is 0.582 bits per heavy atom. The number of ether oxygens (including phenoxy) is 10. The molecule has 11 fully saturated rings. The quantitative estimate of drug-likeness (QED) is 0.0467. The fourth-order valence-corrected chi connectivity index (χ4v) is 18.0. The second-order valence-electron chi connectivity index (χ2n) is 32.1. The Kier molecular flexibility index (Phi) is 31.1. The minimum atomic E-state index is -0.539. The number of esters is 10. The van der Waals surface area contributed by atoms with Crippen LogP contribution in [-0.2, 0) is 95.3 Å². The van der Waals surface area contributed by atoms with Crippen molar-refractivity contribution in [3.8, 4) is 0 Å². The number of fused-ring (bicyclic) bond motifs is 18. The maximum Gasteiger partial charge on any atom is 0.344 e. The highest BCUT2D eigenvalue weighted by molar-refractivity contribution is 5.81. The van der Waals surface area contributed by atoms with E-state index in [1.54, 1.807) is 13.8 Å². The van der Waals surface area contributed by atoms with Crippen LogP contribution >= 0.6 is 0 Å². The molecule has 0 N–H and O–H groups in total. The molecule has 0 spiro atoms. The highest BCUT2D eigenvalue weighted by Gasteiger charge is 2.64. The smallest absolute Gasteiger partial charge is 0.344 e. The summed E-state index contributed by atoms with van der Waals surface area (Å²) in [5, 5.41) is 0. The molecule has 0 heterocycles. The minimum Gasteiger partial charge on any atom is -0.460 e. The number of rotatable bonds is 25. The first-order valence-corrected chi connectivity index (χ1v) is 38.5. The maximum absolute atomic E-state index is 12.1. The lowest BCUT2D eigenvalue weighted by Gasteiger charge is -2.38. The van der Waals surface area contributed by atoms with Crippen molar-refractivity contribution in [1.82, 2.24) is 0 Å². The number of carbonyl (C=O) groups is 10. The largest absolute Gasteiger partial charge is 0.460 e. The Bertz CT molecular complexity index is 2630. The first kappa shape index (κ1) is 80.0. The molecule has 0 aromatic rings. The Balaban J connectivity index is 0.000000174. The summed E-state index contributed by atoms with van der Waals surface area (Å²) in [5.74, 6) is 5.80. The molecule has 11 rings (SSSR count). The Morgan fingerprint density at radius 1 is 0.316 bits per heavy atom. The Labute approximate surface area is 585 Å². The number of hydrogen-bond acceptors (Lipinski definition) is 20. The lowest BCUT2D eigenvalue weighted by atomic mass is 9.70. The van der Waals surface area contributed by atoms with Gasteiger partial charge in [-0.3, -0.25) is 24.0 Å². The third-order valence-corrected chi connectivity index (χ3v) is 24.8. The van der Waals surface area contributed by atoms with Gasteiger partial charge in [-0.25, -0.2) is 24.0 Å². The normalized spacial score (nSPS) is 30.0. The van der Waals surface area contributed by atoms with Crippen LogP contribution in [0.2, 0.25) is 0 Å². The average Bonchev–Trinajstić information content (AvgIpc) is 1.56. The SMILES string of the molecule is CCC(C)(C)C(=O)OCC(=O)OC1CC2CC1C1C3CCC(C3)C21.CCC(C)(C)C(=O)OCC(=O)OC1CCCCC1.CCC(C)C(=O)OCC(=O)OC1CC2CC1C1C3CCC(C3)C21.CCC(C)C(=O)OCC(=O)OC1CCCC1.CCC(C)C(=O)OCC(=O)OC1CCCCC1. The molecule has 98 heavy (non-hydrogen) atoms. The molecule has 17 unspecified atom stereocenters. The Hall–Kier alpha value is -5.30. The molecule has 11 saturated carbocycles. The van der Waals surface area contributed by atoms with Crippen LogP contribution in [0.4, 0.5) is 0 Å². The van der Waals surface area contributed by atoms with Gasteiger partial charge in [-0.2, -0.15) is 0 Å². The topological polar surface area (TPSA) is 263 Å². The van der Waals surface area contributed by atoms with Gasteiger partial charge in [0.15, 0.2) is 33.0 Å². The van der Waals surface area contributed by atoms with Crippen LogP contribution in [0.15, 0.2) is 0 Å². The lowest BCUT2D eigenvalue weighted by molar-refractivity contribution is -0.169. The van der Waals surface area contributed by atoms with Gasteiger partial charge in [-0.05, 0) is 272 Å². The zero-order valence-corrected chi connectivity index (χ0v) is 61.8. The minimum absolute atomic E-state index is 0.0177. The van der Waals surface area contributed by atoms with Crippen molar-refractivity contribution in [2.45, 2.75) is 300 Å². The molecule has 0 aromatic heterocycles. The van der Waals surface area contributed by atoms with E-state index in [0.29, 0.717) is 24.7 Å². The van der Waals surface area contributed by atoms with E-state index in [4.69, 9.17) is 47.4 Å². The fraction of sp³-hybridized carbons (Fsp3) is 0.872. The molecule has 0 saturated heterocycles. The summed E-state index contributed by atoms with van der Waals surface area (Å²) in [4.78, 5) is 116. The molecule has 17 atom stereocenters. The molecule has 0 aliphatic heterocycles. The molecule has 0 amide bonds. The summed E-state index contributed by atoms with van der Waals surface area (Å²) in [6, 6.07) is 0. The summed E-state index contributed by atoms with van der Waals surface area (Å²) in [5.41, 5.74) is -1.08. The summed E-state index contributed by atoms with van der Waals surface area (Å²) in [6.45, 7) is 21.1. The van der Waals surface area contributed by atoms with Gasteiger partial charge in [0.25, 0.3) is 0 Å². The molecular weight excluding hydrogens is 1260 g/mol. The first-order valence-electron chi connectivity index (χ1n) is 38.5. The van der Waals surface area contributed by atoms with Crippen molar-refractivity contribution in [3.63, 3.8) is 0 Å². The summed E-state index contributed by atoms with van der Waals surface area (Å²) >= 11 is 0.